The molecule has 0 aromatic heterocycles. The Kier molecular flexibility index (Phi) is 2.96. The van der Waals surface area contributed by atoms with Crippen molar-refractivity contribution in [2.75, 3.05) is 11.4 Å². The third kappa shape index (κ3) is 2.00. The molecule has 1 aliphatic rings. The average molecular weight is 381 g/mol. The molecular formula is C9H6BrIN2O2. The molecule has 1 N–H and O–H groups in total. The molecule has 0 atom stereocenters. The highest BCUT2D eigenvalue weighted by atomic mass is 127. The molecule has 0 aliphatic carbocycles. The van der Waals surface area contributed by atoms with Gasteiger partial charge >= 0.3 is 6.03 Å². The van der Waals surface area contributed by atoms with Gasteiger partial charge in [-0.15, -0.1) is 0 Å². The number of halogens is 2. The normalized spacial score (nSPS) is 15.7. The number of nitrogens with zero attached hydrogens (tertiary/aromatic N) is 1. The monoisotopic (exact) mass is 380 g/mol. The number of nitrogens with one attached hydrogen (secondary N) is 1. The standard InChI is InChI=1S/C9H6BrIN2O2/c10-6-3-5(1-2-7(6)11)13-8(14)4-12-9(13)15/h1-3H,4H2,(H,12,15). The van der Waals surface area contributed by atoms with Gasteiger partial charge < -0.3 is 5.32 Å². The number of imide groups is 1. The summed E-state index contributed by atoms with van der Waals surface area (Å²) in [6.45, 7) is 0.0719. The first-order valence-corrected chi connectivity index (χ1v) is 6.02. The Labute approximate surface area is 108 Å². The second kappa shape index (κ2) is 4.09. The van der Waals surface area contributed by atoms with Gasteiger partial charge in [0.2, 0.25) is 0 Å². The van der Waals surface area contributed by atoms with Crippen LogP contribution in [0, 0.1) is 3.57 Å². The molecule has 1 fully saturated rings. The van der Waals surface area contributed by atoms with Gasteiger partial charge in [0.1, 0.15) is 0 Å². The van der Waals surface area contributed by atoms with Gasteiger partial charge in [-0.1, -0.05) is 0 Å². The van der Waals surface area contributed by atoms with Gasteiger partial charge in [-0.25, -0.2) is 9.69 Å². The van der Waals surface area contributed by atoms with Gasteiger partial charge in [0, 0.05) is 8.04 Å². The van der Waals surface area contributed by atoms with Crippen molar-refractivity contribution >= 4 is 56.1 Å². The maximum atomic E-state index is 11.4. The molecule has 0 radical (unpaired) electrons. The molecule has 1 saturated heterocycles. The zero-order valence-corrected chi connectivity index (χ0v) is 11.2. The molecule has 6 heteroatoms. The zero-order chi connectivity index (χ0) is 11.0. The van der Waals surface area contributed by atoms with Crippen LogP contribution in [-0.4, -0.2) is 18.5 Å². The van der Waals surface area contributed by atoms with Crippen LogP contribution in [0.1, 0.15) is 0 Å². The Morgan fingerprint density at radius 2 is 2.13 bits per heavy atom. The summed E-state index contributed by atoms with van der Waals surface area (Å²) in [4.78, 5) is 23.9. The van der Waals surface area contributed by atoms with E-state index in [4.69, 9.17) is 0 Å². The molecule has 0 spiro atoms. The summed E-state index contributed by atoms with van der Waals surface area (Å²) in [5.74, 6) is -0.229. The fraction of sp³-hybridized carbons (Fsp3) is 0.111. The van der Waals surface area contributed by atoms with Gasteiger partial charge in [0.25, 0.3) is 5.91 Å². The molecule has 1 heterocycles. The lowest BCUT2D eigenvalue weighted by Gasteiger charge is -2.12. The van der Waals surface area contributed by atoms with Crippen molar-refractivity contribution in [3.8, 4) is 0 Å². The van der Waals surface area contributed by atoms with Crippen molar-refractivity contribution < 1.29 is 9.59 Å². The van der Waals surface area contributed by atoms with E-state index in [1.54, 1.807) is 12.1 Å². The summed E-state index contributed by atoms with van der Waals surface area (Å²) in [6, 6.07) is 4.98. The molecule has 4 nitrogen and oxygen atoms in total. The van der Waals surface area contributed by atoms with Crippen LogP contribution in [0.15, 0.2) is 22.7 Å². The number of rotatable bonds is 1. The molecule has 2 rings (SSSR count). The number of hydrogen-bond donors (Lipinski definition) is 1. The van der Waals surface area contributed by atoms with E-state index in [9.17, 15) is 9.59 Å². The van der Waals surface area contributed by atoms with E-state index in [2.05, 4.69) is 43.8 Å². The summed E-state index contributed by atoms with van der Waals surface area (Å²) in [7, 11) is 0. The largest absolute Gasteiger partial charge is 0.329 e. The van der Waals surface area contributed by atoms with Crippen molar-refractivity contribution in [3.63, 3.8) is 0 Å². The van der Waals surface area contributed by atoms with Crippen LogP contribution >= 0.6 is 38.5 Å². The van der Waals surface area contributed by atoms with Crippen molar-refractivity contribution in [1.82, 2.24) is 5.32 Å². The van der Waals surface area contributed by atoms with E-state index in [0.29, 0.717) is 5.69 Å². The molecule has 78 valence electrons. The van der Waals surface area contributed by atoms with Crippen molar-refractivity contribution in [2.45, 2.75) is 0 Å². The fourth-order valence-corrected chi connectivity index (χ4v) is 2.01. The minimum absolute atomic E-state index is 0.0719. The molecule has 1 aromatic carbocycles. The Hall–Kier alpha value is -0.630. The van der Waals surface area contributed by atoms with Crippen LogP contribution in [0.2, 0.25) is 0 Å². The van der Waals surface area contributed by atoms with Gasteiger partial charge in [-0.2, -0.15) is 0 Å². The topological polar surface area (TPSA) is 49.4 Å². The molecule has 3 amide bonds. The molecule has 1 aliphatic heterocycles. The van der Waals surface area contributed by atoms with Crippen LogP contribution in [0.5, 0.6) is 0 Å². The van der Waals surface area contributed by atoms with Crippen LogP contribution in [0.25, 0.3) is 0 Å². The maximum Gasteiger partial charge on any atom is 0.329 e. The number of anilines is 1. The highest BCUT2D eigenvalue weighted by Crippen LogP contribution is 2.26. The van der Waals surface area contributed by atoms with Gasteiger partial charge in [0.05, 0.1) is 12.2 Å². The molecule has 0 bridgehead atoms. The number of hydrogen-bond acceptors (Lipinski definition) is 2. The molecule has 0 saturated carbocycles. The smallest absolute Gasteiger partial charge is 0.328 e. The van der Waals surface area contributed by atoms with Crippen molar-refractivity contribution in [3.05, 3.63) is 26.2 Å². The second-order valence-corrected chi connectivity index (χ2v) is 5.00. The lowest BCUT2D eigenvalue weighted by Crippen LogP contribution is -2.30. The number of urea groups is 1. The first-order chi connectivity index (χ1) is 7.09. The average Bonchev–Trinajstić information content (AvgIpc) is 2.52. The summed E-state index contributed by atoms with van der Waals surface area (Å²) in [5, 5.41) is 2.47. The Bertz CT molecular complexity index is 434. The highest BCUT2D eigenvalue weighted by molar-refractivity contribution is 14.1. The predicted molar refractivity (Wildman–Crippen MR) is 67.7 cm³/mol. The van der Waals surface area contributed by atoms with Crippen LogP contribution in [-0.2, 0) is 4.79 Å². The number of benzene rings is 1. The highest BCUT2D eigenvalue weighted by Gasteiger charge is 2.29. The van der Waals surface area contributed by atoms with E-state index in [0.717, 1.165) is 12.9 Å². The fourth-order valence-electron chi connectivity index (χ4n) is 1.31. The van der Waals surface area contributed by atoms with Crippen molar-refractivity contribution in [2.24, 2.45) is 0 Å². The summed E-state index contributed by atoms with van der Waals surface area (Å²) in [6.07, 6.45) is 0. The van der Waals surface area contributed by atoms with E-state index >= 15 is 0 Å². The molecule has 15 heavy (non-hydrogen) atoms. The number of carbonyl (C=O) groups excluding carboxylic acids is 2. The summed E-state index contributed by atoms with van der Waals surface area (Å²) >= 11 is 5.52. The van der Waals surface area contributed by atoms with Crippen molar-refractivity contribution in [1.29, 1.82) is 0 Å². The number of carbonyl (C=O) groups is 2. The number of amides is 3. The second-order valence-electron chi connectivity index (χ2n) is 2.99. The predicted octanol–water partition coefficient (Wildman–Crippen LogP) is 2.11. The van der Waals surface area contributed by atoms with E-state index in [-0.39, 0.29) is 18.5 Å². The minimum Gasteiger partial charge on any atom is -0.328 e. The van der Waals surface area contributed by atoms with Crippen LogP contribution < -0.4 is 10.2 Å². The minimum atomic E-state index is -0.367. The van der Waals surface area contributed by atoms with Gasteiger partial charge in [-0.3, -0.25) is 4.79 Å². The maximum absolute atomic E-state index is 11.4. The summed E-state index contributed by atoms with van der Waals surface area (Å²) < 4.78 is 1.90. The molecule has 0 unspecified atom stereocenters. The first kappa shape index (κ1) is 10.9. The Balaban J connectivity index is 2.41. The van der Waals surface area contributed by atoms with Gasteiger partial charge in [0.15, 0.2) is 0 Å². The SMILES string of the molecule is O=C1CNC(=O)N1c1ccc(I)c(Br)c1. The van der Waals surface area contributed by atoms with Crippen LogP contribution in [0.4, 0.5) is 10.5 Å². The third-order valence-corrected chi connectivity index (χ3v) is 4.34. The van der Waals surface area contributed by atoms with Crippen LogP contribution in [0.3, 0.4) is 0 Å². The van der Waals surface area contributed by atoms with E-state index in [1.165, 1.54) is 0 Å². The Morgan fingerprint density at radius 3 is 2.67 bits per heavy atom. The molecular weight excluding hydrogens is 375 g/mol. The third-order valence-electron chi connectivity index (χ3n) is 2.00. The first-order valence-electron chi connectivity index (χ1n) is 4.15. The lowest BCUT2D eigenvalue weighted by molar-refractivity contribution is -0.115. The lowest BCUT2D eigenvalue weighted by atomic mass is 10.3. The summed E-state index contributed by atoms with van der Waals surface area (Å²) in [5.41, 5.74) is 0.585. The van der Waals surface area contributed by atoms with E-state index < -0.39 is 0 Å². The molecule has 1 aromatic rings. The zero-order valence-electron chi connectivity index (χ0n) is 7.46. The quantitative estimate of drug-likeness (QED) is 0.599. The van der Waals surface area contributed by atoms with Gasteiger partial charge in [-0.05, 0) is 56.7 Å². The Morgan fingerprint density at radius 1 is 1.40 bits per heavy atom. The van der Waals surface area contributed by atoms with E-state index in [1.807, 2.05) is 6.07 Å².